The van der Waals surface area contributed by atoms with Gasteiger partial charge in [0.2, 0.25) is 0 Å². The lowest BCUT2D eigenvalue weighted by Crippen LogP contribution is -2.55. The molecule has 3 N–H and O–H groups in total. The molecular formula is C13H17F2NO3. The summed E-state index contributed by atoms with van der Waals surface area (Å²) >= 11 is 0. The lowest BCUT2D eigenvalue weighted by Gasteiger charge is -2.36. The summed E-state index contributed by atoms with van der Waals surface area (Å²) in [6, 6.07) is 3.72. The quantitative estimate of drug-likeness (QED) is 0.720. The van der Waals surface area contributed by atoms with Crippen molar-refractivity contribution in [2.45, 2.75) is 24.7 Å². The van der Waals surface area contributed by atoms with Gasteiger partial charge in [-0.05, 0) is 24.1 Å². The Bertz CT molecular complexity index is 432. The van der Waals surface area contributed by atoms with Gasteiger partial charge in [-0.3, -0.25) is 4.90 Å². The van der Waals surface area contributed by atoms with Crippen LogP contribution >= 0.6 is 0 Å². The van der Waals surface area contributed by atoms with Gasteiger partial charge in [-0.25, -0.2) is 8.78 Å². The van der Waals surface area contributed by atoms with Crippen LogP contribution in [-0.4, -0.2) is 58.2 Å². The average molecular weight is 273 g/mol. The first-order valence-corrected chi connectivity index (χ1v) is 6.18. The van der Waals surface area contributed by atoms with Crippen molar-refractivity contribution >= 4 is 0 Å². The van der Waals surface area contributed by atoms with Crippen molar-refractivity contribution in [2.75, 3.05) is 19.6 Å². The fourth-order valence-corrected chi connectivity index (χ4v) is 2.24. The molecule has 6 heteroatoms. The number of hydrogen-bond donors (Lipinski definition) is 3. The van der Waals surface area contributed by atoms with E-state index in [0.717, 1.165) is 12.1 Å². The maximum absolute atomic E-state index is 13.0. The van der Waals surface area contributed by atoms with E-state index in [1.54, 1.807) is 4.90 Å². The summed E-state index contributed by atoms with van der Waals surface area (Å²) in [4.78, 5) is 1.78. The molecule has 0 radical (unpaired) electrons. The molecule has 1 unspecified atom stereocenters. The van der Waals surface area contributed by atoms with Crippen LogP contribution < -0.4 is 0 Å². The lowest BCUT2D eigenvalue weighted by molar-refractivity contribution is -0.109. The van der Waals surface area contributed by atoms with Gasteiger partial charge >= 0.3 is 0 Å². The van der Waals surface area contributed by atoms with Crippen LogP contribution in [0.4, 0.5) is 8.78 Å². The minimum Gasteiger partial charge on any atom is -0.389 e. The Kier molecular flexibility index (Phi) is 4.46. The molecule has 4 nitrogen and oxygen atoms in total. The van der Waals surface area contributed by atoms with Crippen LogP contribution in [0.25, 0.3) is 0 Å². The van der Waals surface area contributed by atoms with Crippen LogP contribution in [0.1, 0.15) is 5.56 Å². The number of piperidine rings is 1. The van der Waals surface area contributed by atoms with Gasteiger partial charge in [0, 0.05) is 19.6 Å². The summed E-state index contributed by atoms with van der Waals surface area (Å²) in [7, 11) is 0. The first-order chi connectivity index (χ1) is 8.97. The molecule has 0 amide bonds. The minimum absolute atomic E-state index is 0.252. The highest BCUT2D eigenvalue weighted by molar-refractivity contribution is 5.18. The highest BCUT2D eigenvalue weighted by Gasteiger charge is 2.32. The number of hydrogen-bond acceptors (Lipinski definition) is 4. The zero-order valence-corrected chi connectivity index (χ0v) is 10.3. The molecule has 1 aromatic carbocycles. The van der Waals surface area contributed by atoms with Gasteiger partial charge in [0.25, 0.3) is 0 Å². The zero-order valence-electron chi connectivity index (χ0n) is 10.3. The minimum atomic E-state index is -1.13. The van der Waals surface area contributed by atoms with Gasteiger partial charge in [-0.15, -0.1) is 0 Å². The maximum atomic E-state index is 13.0. The molecule has 1 fully saturated rings. The van der Waals surface area contributed by atoms with Crippen LogP contribution in [0.2, 0.25) is 0 Å². The molecule has 19 heavy (non-hydrogen) atoms. The van der Waals surface area contributed by atoms with Gasteiger partial charge in [-0.2, -0.15) is 0 Å². The fraction of sp³-hybridized carbons (Fsp3) is 0.538. The number of likely N-dealkylation sites (tertiary alicyclic amines) is 1. The van der Waals surface area contributed by atoms with Gasteiger partial charge < -0.3 is 15.3 Å². The number of aliphatic hydroxyl groups excluding tert-OH is 3. The third-order valence-electron chi connectivity index (χ3n) is 3.38. The van der Waals surface area contributed by atoms with Crippen LogP contribution in [0, 0.1) is 11.6 Å². The van der Waals surface area contributed by atoms with E-state index in [1.165, 1.54) is 6.07 Å². The molecule has 1 saturated heterocycles. The third-order valence-corrected chi connectivity index (χ3v) is 3.38. The number of aliphatic hydroxyl groups is 3. The van der Waals surface area contributed by atoms with Crippen LogP contribution in [-0.2, 0) is 6.42 Å². The molecule has 1 aromatic rings. The van der Waals surface area contributed by atoms with E-state index >= 15 is 0 Å². The molecule has 2 rings (SSSR count). The van der Waals surface area contributed by atoms with Crippen molar-refractivity contribution < 1.29 is 24.1 Å². The molecule has 1 heterocycles. The smallest absolute Gasteiger partial charge is 0.159 e. The molecule has 0 spiro atoms. The van der Waals surface area contributed by atoms with Gasteiger partial charge in [0.15, 0.2) is 11.6 Å². The van der Waals surface area contributed by atoms with Crippen molar-refractivity contribution in [1.82, 2.24) is 4.90 Å². The average Bonchev–Trinajstić information content (AvgIpc) is 2.37. The predicted octanol–water partition coefficient (Wildman–Crippen LogP) is -0.0944. The van der Waals surface area contributed by atoms with E-state index in [4.69, 9.17) is 0 Å². The normalized spacial score (nSPS) is 28.6. The third kappa shape index (κ3) is 3.48. The van der Waals surface area contributed by atoms with Crippen molar-refractivity contribution in [1.29, 1.82) is 0 Å². The number of β-amino-alcohol motifs (C(OH)–C–C–N with tert-alkyl or cyclic N) is 2. The molecule has 0 aromatic heterocycles. The van der Waals surface area contributed by atoms with E-state index in [2.05, 4.69) is 0 Å². The van der Waals surface area contributed by atoms with E-state index < -0.39 is 29.9 Å². The summed E-state index contributed by atoms with van der Waals surface area (Å²) in [5, 5.41) is 28.5. The van der Waals surface area contributed by atoms with Crippen molar-refractivity contribution in [3.05, 3.63) is 35.4 Å². The Labute approximate surface area is 109 Å². The summed E-state index contributed by atoms with van der Waals surface area (Å²) in [6.45, 7) is 0.996. The second-order valence-electron chi connectivity index (χ2n) is 4.88. The van der Waals surface area contributed by atoms with Crippen molar-refractivity contribution in [3.63, 3.8) is 0 Å². The highest BCUT2D eigenvalue weighted by atomic mass is 19.2. The molecule has 0 saturated carbocycles. The molecule has 1 aliphatic rings. The molecule has 0 bridgehead atoms. The SMILES string of the molecule is OC1[C@H](O)CN(CCc2ccc(F)c(F)c2)C[C@@H]1O. The predicted molar refractivity (Wildman–Crippen MR) is 64.5 cm³/mol. The molecule has 3 atom stereocenters. The van der Waals surface area contributed by atoms with Crippen LogP contribution in [0.15, 0.2) is 18.2 Å². The van der Waals surface area contributed by atoms with Crippen LogP contribution in [0.3, 0.4) is 0 Å². The van der Waals surface area contributed by atoms with Crippen molar-refractivity contribution in [2.24, 2.45) is 0 Å². The summed E-state index contributed by atoms with van der Waals surface area (Å²) in [6.07, 6.45) is -2.63. The van der Waals surface area contributed by atoms with Crippen molar-refractivity contribution in [3.8, 4) is 0 Å². The summed E-state index contributed by atoms with van der Waals surface area (Å²) < 4.78 is 25.8. The Morgan fingerprint density at radius 1 is 1.05 bits per heavy atom. The lowest BCUT2D eigenvalue weighted by atomic mass is 10.0. The summed E-state index contributed by atoms with van der Waals surface area (Å²) in [5.41, 5.74) is 0.647. The van der Waals surface area contributed by atoms with E-state index in [1.807, 2.05) is 0 Å². The number of halogens is 2. The molecule has 106 valence electrons. The Balaban J connectivity index is 1.90. The highest BCUT2D eigenvalue weighted by Crippen LogP contribution is 2.14. The first-order valence-electron chi connectivity index (χ1n) is 6.18. The number of nitrogens with zero attached hydrogens (tertiary/aromatic N) is 1. The molecule has 0 aliphatic carbocycles. The van der Waals surface area contributed by atoms with Gasteiger partial charge in [0.1, 0.15) is 6.10 Å². The van der Waals surface area contributed by atoms with Gasteiger partial charge in [0.05, 0.1) is 12.2 Å². The largest absolute Gasteiger partial charge is 0.389 e. The van der Waals surface area contributed by atoms with Gasteiger partial charge in [-0.1, -0.05) is 6.07 Å². The molecular weight excluding hydrogens is 256 g/mol. The van der Waals surface area contributed by atoms with Crippen LogP contribution in [0.5, 0.6) is 0 Å². The van der Waals surface area contributed by atoms with E-state index in [9.17, 15) is 24.1 Å². The number of benzene rings is 1. The molecule has 1 aliphatic heterocycles. The van der Waals surface area contributed by atoms with E-state index in [-0.39, 0.29) is 13.1 Å². The summed E-state index contributed by atoms with van der Waals surface area (Å²) in [5.74, 6) is -1.76. The Hall–Kier alpha value is -1.08. The first kappa shape index (κ1) is 14.3. The Morgan fingerprint density at radius 2 is 1.68 bits per heavy atom. The zero-order chi connectivity index (χ0) is 14.0. The fourth-order valence-electron chi connectivity index (χ4n) is 2.24. The maximum Gasteiger partial charge on any atom is 0.159 e. The monoisotopic (exact) mass is 273 g/mol. The second-order valence-corrected chi connectivity index (χ2v) is 4.88. The van der Waals surface area contributed by atoms with E-state index in [0.29, 0.717) is 18.5 Å². The number of rotatable bonds is 3. The standard InChI is InChI=1S/C13H17F2NO3/c14-9-2-1-8(5-10(9)15)3-4-16-6-11(17)13(19)12(18)7-16/h1-2,5,11-13,17-19H,3-4,6-7H2/t11-,12+,13?. The second kappa shape index (κ2) is 5.92. The topological polar surface area (TPSA) is 63.9 Å². The Morgan fingerprint density at radius 3 is 2.26 bits per heavy atom.